The molecular formula is C9H10N4O. The van der Waals surface area contributed by atoms with Crippen molar-refractivity contribution >= 4 is 5.82 Å². The van der Waals surface area contributed by atoms with Crippen LogP contribution < -0.4 is 4.90 Å². The predicted molar refractivity (Wildman–Crippen MR) is 49.6 cm³/mol. The average molecular weight is 190 g/mol. The Kier molecular flexibility index (Phi) is 1.86. The fourth-order valence-corrected chi connectivity index (χ4v) is 1.48. The van der Waals surface area contributed by atoms with Gasteiger partial charge in [-0.2, -0.15) is 5.26 Å². The van der Waals surface area contributed by atoms with Crippen molar-refractivity contribution in [1.82, 2.24) is 9.97 Å². The van der Waals surface area contributed by atoms with Crippen LogP contribution in [-0.2, 0) is 0 Å². The van der Waals surface area contributed by atoms with Gasteiger partial charge in [0, 0.05) is 13.1 Å². The number of nitriles is 1. The molecule has 2 heterocycles. The molecule has 0 amide bonds. The Balaban J connectivity index is 2.09. The summed E-state index contributed by atoms with van der Waals surface area (Å²) in [5.41, 5.74) is -0.309. The van der Waals surface area contributed by atoms with E-state index in [1.165, 1.54) is 6.20 Å². The smallest absolute Gasteiger partial charge is 0.158 e. The maximum Gasteiger partial charge on any atom is 0.158 e. The van der Waals surface area contributed by atoms with Gasteiger partial charge in [0.2, 0.25) is 0 Å². The molecule has 0 bridgehead atoms. The molecule has 1 N–H and O–H groups in total. The standard InChI is InChI=1S/C9H10N4O/c1-9(14)5-13(6-9)8-4-11-7(2-10)3-12-8/h3-4,14H,5-6H2,1H3. The summed E-state index contributed by atoms with van der Waals surface area (Å²) in [7, 11) is 0. The number of β-amino-alcohol motifs (C(OH)–C–C–N with tert-alkyl or cyclic N) is 1. The minimum atomic E-state index is -0.615. The highest BCUT2D eigenvalue weighted by atomic mass is 16.3. The molecular weight excluding hydrogens is 180 g/mol. The Morgan fingerprint density at radius 2 is 2.21 bits per heavy atom. The molecule has 0 saturated carbocycles. The summed E-state index contributed by atoms with van der Waals surface area (Å²) in [5, 5.41) is 18.0. The van der Waals surface area contributed by atoms with Crippen molar-refractivity contribution in [2.24, 2.45) is 0 Å². The highest BCUT2D eigenvalue weighted by Crippen LogP contribution is 2.24. The van der Waals surface area contributed by atoms with Crippen molar-refractivity contribution in [2.45, 2.75) is 12.5 Å². The van der Waals surface area contributed by atoms with E-state index in [1.807, 2.05) is 11.0 Å². The van der Waals surface area contributed by atoms with Gasteiger partial charge in [-0.3, -0.25) is 0 Å². The van der Waals surface area contributed by atoms with Gasteiger partial charge in [-0.25, -0.2) is 9.97 Å². The lowest BCUT2D eigenvalue weighted by molar-refractivity contribution is 0.0305. The fourth-order valence-electron chi connectivity index (χ4n) is 1.48. The molecule has 0 spiro atoms. The van der Waals surface area contributed by atoms with Crippen LogP contribution in [0.3, 0.4) is 0 Å². The Labute approximate surface area is 81.6 Å². The molecule has 1 aromatic rings. The molecule has 0 unspecified atom stereocenters. The molecule has 5 nitrogen and oxygen atoms in total. The number of hydrogen-bond acceptors (Lipinski definition) is 5. The van der Waals surface area contributed by atoms with Gasteiger partial charge >= 0.3 is 0 Å². The molecule has 1 saturated heterocycles. The summed E-state index contributed by atoms with van der Waals surface area (Å²) in [6.45, 7) is 2.90. The number of nitrogens with zero attached hydrogens (tertiary/aromatic N) is 4. The van der Waals surface area contributed by atoms with Crippen LogP contribution in [0.5, 0.6) is 0 Å². The van der Waals surface area contributed by atoms with E-state index < -0.39 is 5.60 Å². The zero-order valence-electron chi connectivity index (χ0n) is 7.80. The Morgan fingerprint density at radius 1 is 1.50 bits per heavy atom. The monoisotopic (exact) mass is 190 g/mol. The normalized spacial score (nSPS) is 18.5. The summed E-state index contributed by atoms with van der Waals surface area (Å²) in [4.78, 5) is 9.88. The zero-order valence-corrected chi connectivity index (χ0v) is 7.80. The highest BCUT2D eigenvalue weighted by molar-refractivity contribution is 5.42. The van der Waals surface area contributed by atoms with E-state index in [2.05, 4.69) is 9.97 Å². The van der Waals surface area contributed by atoms with Gasteiger partial charge in [0.1, 0.15) is 11.9 Å². The highest BCUT2D eigenvalue weighted by Gasteiger charge is 2.37. The van der Waals surface area contributed by atoms with Gasteiger partial charge in [0.15, 0.2) is 5.69 Å². The molecule has 0 aromatic carbocycles. The second-order valence-corrected chi connectivity index (χ2v) is 3.72. The first-order valence-electron chi connectivity index (χ1n) is 4.30. The second-order valence-electron chi connectivity index (χ2n) is 3.72. The lowest BCUT2D eigenvalue weighted by Gasteiger charge is -2.44. The first-order valence-corrected chi connectivity index (χ1v) is 4.30. The molecule has 1 aliphatic heterocycles. The van der Waals surface area contributed by atoms with E-state index >= 15 is 0 Å². The van der Waals surface area contributed by atoms with Gasteiger partial charge in [-0.15, -0.1) is 0 Å². The molecule has 72 valence electrons. The molecule has 0 atom stereocenters. The first kappa shape index (κ1) is 8.91. The molecule has 5 heteroatoms. The van der Waals surface area contributed by atoms with Crippen LogP contribution in [0.4, 0.5) is 5.82 Å². The van der Waals surface area contributed by atoms with E-state index in [1.54, 1.807) is 13.1 Å². The van der Waals surface area contributed by atoms with E-state index in [0.29, 0.717) is 24.6 Å². The van der Waals surface area contributed by atoms with E-state index in [4.69, 9.17) is 5.26 Å². The maximum atomic E-state index is 9.50. The Morgan fingerprint density at radius 3 is 2.64 bits per heavy atom. The molecule has 2 rings (SSSR count). The third-order valence-electron chi connectivity index (χ3n) is 2.14. The van der Waals surface area contributed by atoms with Gasteiger partial charge < -0.3 is 10.0 Å². The topological polar surface area (TPSA) is 73.0 Å². The summed E-state index contributed by atoms with van der Waals surface area (Å²) in [6.07, 6.45) is 2.98. The van der Waals surface area contributed by atoms with E-state index in [0.717, 1.165) is 0 Å². The summed E-state index contributed by atoms with van der Waals surface area (Å²) in [6, 6.07) is 1.90. The predicted octanol–water partition coefficient (Wildman–Crippen LogP) is -0.0807. The van der Waals surface area contributed by atoms with Crippen LogP contribution >= 0.6 is 0 Å². The average Bonchev–Trinajstić information content (AvgIpc) is 2.14. The van der Waals surface area contributed by atoms with E-state index in [-0.39, 0.29) is 0 Å². The zero-order chi connectivity index (χ0) is 10.2. The molecule has 0 radical (unpaired) electrons. The molecule has 1 aliphatic rings. The number of aromatic nitrogens is 2. The van der Waals surface area contributed by atoms with Crippen LogP contribution in [0, 0.1) is 11.3 Å². The molecule has 0 aliphatic carbocycles. The Bertz CT molecular complexity index is 371. The van der Waals surface area contributed by atoms with Crippen LogP contribution in [0.15, 0.2) is 12.4 Å². The quantitative estimate of drug-likeness (QED) is 0.670. The van der Waals surface area contributed by atoms with E-state index in [9.17, 15) is 5.11 Å². The fraction of sp³-hybridized carbons (Fsp3) is 0.444. The van der Waals surface area contributed by atoms with Crippen LogP contribution in [0.1, 0.15) is 12.6 Å². The van der Waals surface area contributed by atoms with Crippen molar-refractivity contribution in [3.63, 3.8) is 0 Å². The number of hydrogen-bond donors (Lipinski definition) is 1. The number of anilines is 1. The lowest BCUT2D eigenvalue weighted by atomic mass is 9.97. The van der Waals surface area contributed by atoms with Crippen molar-refractivity contribution in [3.8, 4) is 6.07 Å². The minimum Gasteiger partial charge on any atom is -0.386 e. The second kappa shape index (κ2) is 2.93. The maximum absolute atomic E-state index is 9.50. The van der Waals surface area contributed by atoms with Gasteiger partial charge in [-0.05, 0) is 6.92 Å². The third kappa shape index (κ3) is 1.52. The largest absolute Gasteiger partial charge is 0.386 e. The first-order chi connectivity index (χ1) is 6.61. The summed E-state index contributed by atoms with van der Waals surface area (Å²) >= 11 is 0. The van der Waals surface area contributed by atoms with Gasteiger partial charge in [-0.1, -0.05) is 0 Å². The molecule has 1 aromatic heterocycles. The SMILES string of the molecule is CC1(O)CN(c2cnc(C#N)cn2)C1. The molecule has 14 heavy (non-hydrogen) atoms. The third-order valence-corrected chi connectivity index (χ3v) is 2.14. The lowest BCUT2D eigenvalue weighted by Crippen LogP contribution is -2.60. The van der Waals surface area contributed by atoms with Crippen molar-refractivity contribution in [3.05, 3.63) is 18.1 Å². The van der Waals surface area contributed by atoms with Crippen molar-refractivity contribution in [2.75, 3.05) is 18.0 Å². The van der Waals surface area contributed by atoms with Crippen LogP contribution in [0.25, 0.3) is 0 Å². The van der Waals surface area contributed by atoms with Crippen LogP contribution in [0.2, 0.25) is 0 Å². The Hall–Kier alpha value is -1.67. The molecule has 1 fully saturated rings. The minimum absolute atomic E-state index is 0.307. The number of rotatable bonds is 1. The van der Waals surface area contributed by atoms with Crippen molar-refractivity contribution < 1.29 is 5.11 Å². The van der Waals surface area contributed by atoms with Gasteiger partial charge in [0.05, 0.1) is 18.0 Å². The summed E-state index contributed by atoms with van der Waals surface area (Å²) < 4.78 is 0. The summed E-state index contributed by atoms with van der Waals surface area (Å²) in [5.74, 6) is 0.704. The van der Waals surface area contributed by atoms with Gasteiger partial charge in [0.25, 0.3) is 0 Å². The number of aliphatic hydroxyl groups is 1. The van der Waals surface area contributed by atoms with Crippen molar-refractivity contribution in [1.29, 1.82) is 5.26 Å². The van der Waals surface area contributed by atoms with Crippen LogP contribution in [-0.4, -0.2) is 33.8 Å².